The Morgan fingerprint density at radius 3 is 2.25 bits per heavy atom. The van der Waals surface area contributed by atoms with Crippen molar-refractivity contribution in [1.82, 2.24) is 9.47 Å². The zero-order chi connectivity index (χ0) is 28.6. The zero-order valence-electron chi connectivity index (χ0n) is 21.6. The van der Waals surface area contributed by atoms with Crippen molar-refractivity contribution in [2.75, 3.05) is 50.5 Å². The molecule has 1 aromatic heterocycles. The number of aromatic nitrogens is 1. The van der Waals surface area contributed by atoms with Gasteiger partial charge in [-0.1, -0.05) is 0 Å². The van der Waals surface area contributed by atoms with Crippen LogP contribution in [0.5, 0.6) is 5.75 Å². The highest BCUT2D eigenvalue weighted by atomic mass is 19.1. The first-order valence-corrected chi connectivity index (χ1v) is 12.5. The fourth-order valence-corrected chi connectivity index (χ4v) is 4.87. The number of ether oxygens (including phenoxy) is 1. The third-order valence-electron chi connectivity index (χ3n) is 7.03. The van der Waals surface area contributed by atoms with Gasteiger partial charge in [0.2, 0.25) is 5.43 Å². The first kappa shape index (κ1) is 26.8. The van der Waals surface area contributed by atoms with E-state index < -0.39 is 28.6 Å². The van der Waals surface area contributed by atoms with E-state index in [1.165, 1.54) is 22.8 Å². The number of rotatable bonds is 7. The third kappa shape index (κ3) is 5.10. The van der Waals surface area contributed by atoms with Crippen molar-refractivity contribution < 1.29 is 28.2 Å². The van der Waals surface area contributed by atoms with Crippen molar-refractivity contribution in [3.63, 3.8) is 0 Å². The number of carboxylic acid groups (broad SMARTS) is 1. The molecule has 1 saturated heterocycles. The van der Waals surface area contributed by atoms with Gasteiger partial charge in [0, 0.05) is 49.0 Å². The summed E-state index contributed by atoms with van der Waals surface area (Å²) < 4.78 is 36.6. The van der Waals surface area contributed by atoms with Gasteiger partial charge in [0.05, 0.1) is 30.5 Å². The van der Waals surface area contributed by atoms with Gasteiger partial charge in [-0.25, -0.2) is 13.6 Å². The molecule has 0 atom stereocenters. The SMILES string of the molecule is COc1ccc(C(=O)CN2CCN(c3cc4c(cc3F)c(=O)c(C(=O)O)cn4-c3ccc(N)cc3F)CC2)cc1. The van der Waals surface area contributed by atoms with E-state index in [1.807, 2.05) is 4.90 Å². The molecular weight excluding hydrogens is 522 g/mol. The average Bonchev–Trinajstić information content (AvgIpc) is 2.94. The lowest BCUT2D eigenvalue weighted by Gasteiger charge is -2.36. The molecule has 0 aliphatic carbocycles. The number of anilines is 2. The molecule has 1 fully saturated rings. The number of Topliss-reactive ketones (excluding diaryl/α,β-unsaturated/α-hetero) is 1. The Bertz CT molecular complexity index is 1680. The van der Waals surface area contributed by atoms with E-state index in [2.05, 4.69) is 0 Å². The number of carboxylic acids is 1. The number of nitrogens with zero attached hydrogens (tertiary/aromatic N) is 3. The molecule has 0 unspecified atom stereocenters. The summed E-state index contributed by atoms with van der Waals surface area (Å²) in [7, 11) is 1.55. The van der Waals surface area contributed by atoms with Gasteiger partial charge < -0.3 is 25.0 Å². The standard InChI is InChI=1S/C29H26F2N4O5/c1-40-19-5-2-17(3-6-19)27(36)16-33-8-10-34(11-9-33)26-14-25-20(13-23(26)31)28(37)21(29(38)39)15-35(25)24-7-4-18(32)12-22(24)30/h2-7,12-15H,8-11,16,32H2,1H3,(H,38,39). The first-order valence-electron chi connectivity index (χ1n) is 12.5. The summed E-state index contributed by atoms with van der Waals surface area (Å²) in [6.45, 7) is 1.96. The van der Waals surface area contributed by atoms with Crippen molar-refractivity contribution in [2.24, 2.45) is 0 Å². The molecule has 2 heterocycles. The summed E-state index contributed by atoms with van der Waals surface area (Å²) in [5.41, 5.74) is 5.20. The van der Waals surface area contributed by atoms with E-state index in [4.69, 9.17) is 10.5 Å². The number of carbonyl (C=O) groups excluding carboxylic acids is 1. The van der Waals surface area contributed by atoms with Crippen LogP contribution >= 0.6 is 0 Å². The molecule has 11 heteroatoms. The van der Waals surface area contributed by atoms with Crippen molar-refractivity contribution >= 4 is 34.0 Å². The molecule has 4 aromatic rings. The number of carbonyl (C=O) groups is 2. The van der Waals surface area contributed by atoms with E-state index in [9.17, 15) is 23.9 Å². The van der Waals surface area contributed by atoms with Gasteiger partial charge >= 0.3 is 5.97 Å². The molecule has 40 heavy (non-hydrogen) atoms. The number of halogens is 2. The summed E-state index contributed by atoms with van der Waals surface area (Å²) in [6.07, 6.45) is 1.03. The maximum atomic E-state index is 15.4. The summed E-state index contributed by atoms with van der Waals surface area (Å²) in [6, 6.07) is 13.2. The maximum absolute atomic E-state index is 15.4. The van der Waals surface area contributed by atoms with Crippen LogP contribution in [0.3, 0.4) is 0 Å². The lowest BCUT2D eigenvalue weighted by Crippen LogP contribution is -2.48. The predicted molar refractivity (Wildman–Crippen MR) is 147 cm³/mol. The predicted octanol–water partition coefficient (Wildman–Crippen LogP) is 3.56. The van der Waals surface area contributed by atoms with E-state index >= 15 is 4.39 Å². The lowest BCUT2D eigenvalue weighted by atomic mass is 10.1. The molecule has 3 N–H and O–H groups in total. The van der Waals surface area contributed by atoms with E-state index in [-0.39, 0.29) is 40.3 Å². The van der Waals surface area contributed by atoms with Crippen LogP contribution in [0.4, 0.5) is 20.2 Å². The largest absolute Gasteiger partial charge is 0.497 e. The Balaban J connectivity index is 1.44. The summed E-state index contributed by atoms with van der Waals surface area (Å²) in [5, 5.41) is 9.36. The highest BCUT2D eigenvalue weighted by Crippen LogP contribution is 2.29. The summed E-state index contributed by atoms with van der Waals surface area (Å²) in [5.74, 6) is -2.34. The highest BCUT2D eigenvalue weighted by molar-refractivity contribution is 5.97. The van der Waals surface area contributed by atoms with Crippen molar-refractivity contribution in [3.8, 4) is 11.4 Å². The van der Waals surface area contributed by atoms with E-state index in [0.717, 1.165) is 18.3 Å². The molecule has 9 nitrogen and oxygen atoms in total. The van der Waals surface area contributed by atoms with Crippen LogP contribution in [0, 0.1) is 11.6 Å². The fraction of sp³-hybridized carbons (Fsp3) is 0.207. The maximum Gasteiger partial charge on any atom is 0.341 e. The first-order chi connectivity index (χ1) is 19.2. The Hall–Kier alpha value is -4.77. The number of ketones is 1. The van der Waals surface area contributed by atoms with Crippen LogP contribution in [0.2, 0.25) is 0 Å². The summed E-state index contributed by atoms with van der Waals surface area (Å²) in [4.78, 5) is 41.1. The van der Waals surface area contributed by atoms with Crippen LogP contribution in [0.25, 0.3) is 16.6 Å². The van der Waals surface area contributed by atoms with E-state index in [1.54, 1.807) is 36.3 Å². The number of aromatic carboxylic acids is 1. The second kappa shape index (κ2) is 10.8. The van der Waals surface area contributed by atoms with Crippen LogP contribution in [-0.2, 0) is 0 Å². The molecule has 0 amide bonds. The minimum Gasteiger partial charge on any atom is -0.497 e. The smallest absolute Gasteiger partial charge is 0.341 e. The highest BCUT2D eigenvalue weighted by Gasteiger charge is 2.24. The van der Waals surface area contributed by atoms with Gasteiger partial charge in [-0.15, -0.1) is 0 Å². The number of fused-ring (bicyclic) bond motifs is 1. The van der Waals surface area contributed by atoms with Gasteiger partial charge in [-0.3, -0.25) is 14.5 Å². The Kier molecular flexibility index (Phi) is 7.22. The van der Waals surface area contributed by atoms with Crippen LogP contribution < -0.4 is 20.8 Å². The Morgan fingerprint density at radius 2 is 1.62 bits per heavy atom. The molecular formula is C29H26F2N4O5. The van der Waals surface area contributed by atoms with Gasteiger partial charge in [0.15, 0.2) is 5.78 Å². The number of nitrogens with two attached hydrogens (primary N) is 1. The molecule has 3 aromatic carbocycles. The fourth-order valence-electron chi connectivity index (χ4n) is 4.87. The zero-order valence-corrected chi connectivity index (χ0v) is 21.6. The molecule has 0 radical (unpaired) electrons. The molecule has 206 valence electrons. The van der Waals surface area contributed by atoms with Crippen molar-refractivity contribution in [3.05, 3.63) is 93.8 Å². The lowest BCUT2D eigenvalue weighted by molar-refractivity contribution is 0.0694. The van der Waals surface area contributed by atoms with Gasteiger partial charge in [-0.2, -0.15) is 0 Å². The second-order valence-corrected chi connectivity index (χ2v) is 9.49. The average molecular weight is 549 g/mol. The summed E-state index contributed by atoms with van der Waals surface area (Å²) >= 11 is 0. The van der Waals surface area contributed by atoms with E-state index in [0.29, 0.717) is 37.5 Å². The molecule has 5 rings (SSSR count). The number of piperazine rings is 1. The van der Waals surface area contributed by atoms with Crippen molar-refractivity contribution in [2.45, 2.75) is 0 Å². The topological polar surface area (TPSA) is 118 Å². The number of hydrogen-bond donors (Lipinski definition) is 2. The monoisotopic (exact) mass is 548 g/mol. The third-order valence-corrected chi connectivity index (χ3v) is 7.03. The number of methoxy groups -OCH3 is 1. The Morgan fingerprint density at radius 1 is 0.950 bits per heavy atom. The van der Waals surface area contributed by atoms with Crippen LogP contribution in [0.15, 0.2) is 65.6 Å². The number of benzene rings is 3. The normalized spacial score (nSPS) is 13.9. The minimum atomic E-state index is -1.51. The second-order valence-electron chi connectivity index (χ2n) is 9.49. The molecule has 0 saturated carbocycles. The number of nitrogen functional groups attached to an aromatic ring is 1. The number of hydrogen-bond acceptors (Lipinski definition) is 7. The number of pyridine rings is 1. The van der Waals surface area contributed by atoms with Crippen LogP contribution in [0.1, 0.15) is 20.7 Å². The quantitative estimate of drug-likeness (QED) is 0.266. The van der Waals surface area contributed by atoms with Gasteiger partial charge in [0.25, 0.3) is 0 Å². The molecule has 0 bridgehead atoms. The minimum absolute atomic E-state index is 0.0406. The van der Waals surface area contributed by atoms with Gasteiger partial charge in [-0.05, 0) is 54.6 Å². The molecule has 0 spiro atoms. The van der Waals surface area contributed by atoms with Crippen molar-refractivity contribution in [1.29, 1.82) is 0 Å². The molecule has 1 aliphatic heterocycles. The Labute approximate surface area is 227 Å². The van der Waals surface area contributed by atoms with Crippen LogP contribution in [-0.4, -0.2) is 66.2 Å². The van der Waals surface area contributed by atoms with Gasteiger partial charge in [0.1, 0.15) is 22.9 Å². The molecule has 1 aliphatic rings.